The number of aryl methyl sites for hydroxylation is 1. The molecule has 0 fully saturated rings. The van der Waals surface area contributed by atoms with E-state index in [-0.39, 0.29) is 6.54 Å². The summed E-state index contributed by atoms with van der Waals surface area (Å²) in [6.45, 7) is 2.12. The van der Waals surface area contributed by atoms with E-state index in [1.165, 1.54) is 31.2 Å². The predicted molar refractivity (Wildman–Crippen MR) is 110 cm³/mol. The van der Waals surface area contributed by atoms with Gasteiger partial charge >= 0.3 is 5.97 Å². The van der Waals surface area contributed by atoms with Crippen LogP contribution in [-0.2, 0) is 11.2 Å². The molecule has 0 saturated heterocycles. The van der Waals surface area contributed by atoms with E-state index >= 15 is 0 Å². The highest BCUT2D eigenvalue weighted by molar-refractivity contribution is 5.83. The second-order valence-corrected chi connectivity index (χ2v) is 6.97. The fourth-order valence-corrected chi connectivity index (χ4v) is 3.38. The van der Waals surface area contributed by atoms with Gasteiger partial charge in [-0.3, -0.25) is 9.36 Å². The van der Waals surface area contributed by atoms with E-state index in [9.17, 15) is 9.90 Å². The van der Waals surface area contributed by atoms with Crippen molar-refractivity contribution in [1.82, 2.24) is 9.55 Å². The van der Waals surface area contributed by atoms with Crippen LogP contribution in [0.2, 0.25) is 0 Å². The summed E-state index contributed by atoms with van der Waals surface area (Å²) in [7, 11) is 1.76. The molecule has 1 N–H and O–H groups in total. The number of imidazole rings is 1. The van der Waals surface area contributed by atoms with E-state index in [0.29, 0.717) is 5.95 Å². The number of likely N-dealkylation sites (N-methyl/N-ethyl adjacent to an activating group) is 1. The highest BCUT2D eigenvalue weighted by atomic mass is 16.4. The molecule has 3 rings (SSSR count). The first-order valence-corrected chi connectivity index (χ1v) is 9.60. The van der Waals surface area contributed by atoms with Gasteiger partial charge in [0.1, 0.15) is 6.54 Å². The molecule has 0 amide bonds. The molecule has 27 heavy (non-hydrogen) atoms. The first-order valence-electron chi connectivity index (χ1n) is 9.60. The number of aromatic nitrogens is 2. The van der Waals surface area contributed by atoms with Crippen LogP contribution in [0.15, 0.2) is 48.5 Å². The molecule has 0 saturated carbocycles. The number of para-hydroxylation sites is 1. The average Bonchev–Trinajstić information content (AvgIpc) is 3.04. The van der Waals surface area contributed by atoms with Crippen molar-refractivity contribution in [3.8, 4) is 5.69 Å². The van der Waals surface area contributed by atoms with Gasteiger partial charge in [0.05, 0.1) is 11.0 Å². The van der Waals surface area contributed by atoms with Gasteiger partial charge in [-0.05, 0) is 42.7 Å². The van der Waals surface area contributed by atoms with Crippen molar-refractivity contribution in [3.63, 3.8) is 0 Å². The van der Waals surface area contributed by atoms with Gasteiger partial charge in [-0.15, -0.1) is 0 Å². The van der Waals surface area contributed by atoms with Crippen LogP contribution in [0.5, 0.6) is 0 Å². The minimum absolute atomic E-state index is 0.0972. The smallest absolute Gasteiger partial charge is 0.323 e. The van der Waals surface area contributed by atoms with Crippen LogP contribution in [0.3, 0.4) is 0 Å². The maximum atomic E-state index is 11.2. The summed E-state index contributed by atoms with van der Waals surface area (Å²) < 4.78 is 2.05. The van der Waals surface area contributed by atoms with E-state index in [0.717, 1.165) is 23.1 Å². The fourth-order valence-electron chi connectivity index (χ4n) is 3.38. The molecule has 0 atom stereocenters. The molecule has 1 heterocycles. The molecule has 0 aliphatic carbocycles. The van der Waals surface area contributed by atoms with Crippen molar-refractivity contribution in [3.05, 3.63) is 54.1 Å². The third-order valence-corrected chi connectivity index (χ3v) is 4.75. The van der Waals surface area contributed by atoms with Gasteiger partial charge in [0, 0.05) is 12.7 Å². The van der Waals surface area contributed by atoms with Crippen molar-refractivity contribution in [1.29, 1.82) is 0 Å². The maximum Gasteiger partial charge on any atom is 0.323 e. The molecular formula is C22H27N3O2. The summed E-state index contributed by atoms with van der Waals surface area (Å²) in [5.74, 6) is -0.234. The van der Waals surface area contributed by atoms with Crippen LogP contribution in [0, 0.1) is 0 Å². The minimum Gasteiger partial charge on any atom is -0.480 e. The summed E-state index contributed by atoms with van der Waals surface area (Å²) in [5.41, 5.74) is 4.17. The number of carbonyl (C=O) groups is 1. The Bertz CT molecular complexity index is 903. The molecule has 3 aromatic rings. The second kappa shape index (κ2) is 8.71. The van der Waals surface area contributed by atoms with Crippen LogP contribution in [0.25, 0.3) is 16.7 Å². The zero-order valence-electron chi connectivity index (χ0n) is 16.1. The van der Waals surface area contributed by atoms with Crippen molar-refractivity contribution in [2.45, 2.75) is 39.0 Å². The van der Waals surface area contributed by atoms with E-state index in [2.05, 4.69) is 19.1 Å². The van der Waals surface area contributed by atoms with Crippen molar-refractivity contribution in [2.75, 3.05) is 18.5 Å². The van der Waals surface area contributed by atoms with Crippen LogP contribution in [0.1, 0.15) is 38.2 Å². The van der Waals surface area contributed by atoms with E-state index in [4.69, 9.17) is 4.98 Å². The minimum atomic E-state index is -0.874. The first-order chi connectivity index (χ1) is 13.1. The first kappa shape index (κ1) is 19.0. The summed E-state index contributed by atoms with van der Waals surface area (Å²) in [5, 5.41) is 9.19. The van der Waals surface area contributed by atoms with Crippen molar-refractivity contribution >= 4 is 23.0 Å². The number of fused-ring (bicyclic) bond motifs is 1. The molecule has 142 valence electrons. The number of hydrogen-bond acceptors (Lipinski definition) is 3. The van der Waals surface area contributed by atoms with Gasteiger partial charge in [0.15, 0.2) is 0 Å². The van der Waals surface area contributed by atoms with Crippen LogP contribution in [0.4, 0.5) is 5.95 Å². The number of carboxylic acids is 1. The van der Waals surface area contributed by atoms with E-state index < -0.39 is 5.97 Å². The Morgan fingerprint density at radius 3 is 2.59 bits per heavy atom. The Balaban J connectivity index is 2.02. The Kier molecular flexibility index (Phi) is 6.12. The third-order valence-electron chi connectivity index (χ3n) is 4.75. The quantitative estimate of drug-likeness (QED) is 0.560. The summed E-state index contributed by atoms with van der Waals surface area (Å²) >= 11 is 0. The molecule has 0 spiro atoms. The van der Waals surface area contributed by atoms with Gasteiger partial charge in [0.25, 0.3) is 0 Å². The topological polar surface area (TPSA) is 58.4 Å². The predicted octanol–water partition coefficient (Wildman–Crippen LogP) is 4.67. The number of benzene rings is 2. The van der Waals surface area contributed by atoms with Gasteiger partial charge in [0.2, 0.25) is 5.95 Å². The van der Waals surface area contributed by atoms with Crippen LogP contribution < -0.4 is 4.90 Å². The summed E-state index contributed by atoms with van der Waals surface area (Å²) in [6.07, 6.45) is 5.99. The van der Waals surface area contributed by atoms with Gasteiger partial charge in [-0.25, -0.2) is 4.98 Å². The van der Waals surface area contributed by atoms with Crippen molar-refractivity contribution in [2.24, 2.45) is 0 Å². The molecule has 0 unspecified atom stereocenters. The number of anilines is 1. The normalized spacial score (nSPS) is 11.0. The van der Waals surface area contributed by atoms with Gasteiger partial charge in [-0.1, -0.05) is 50.5 Å². The number of carboxylic acid groups (broad SMARTS) is 1. The molecule has 0 aliphatic heterocycles. The molecule has 5 heteroatoms. The number of hydrogen-bond donors (Lipinski definition) is 1. The number of unbranched alkanes of at least 4 members (excludes halogenated alkanes) is 3. The third kappa shape index (κ3) is 4.48. The van der Waals surface area contributed by atoms with Crippen LogP contribution in [-0.4, -0.2) is 34.2 Å². The molecular weight excluding hydrogens is 338 g/mol. The van der Waals surface area contributed by atoms with Gasteiger partial charge < -0.3 is 10.0 Å². The highest BCUT2D eigenvalue weighted by Crippen LogP contribution is 2.28. The van der Waals surface area contributed by atoms with E-state index in [1.54, 1.807) is 11.9 Å². The average molecular weight is 365 g/mol. The molecule has 0 aliphatic rings. The number of nitrogens with zero attached hydrogens (tertiary/aromatic N) is 3. The number of rotatable bonds is 9. The lowest BCUT2D eigenvalue weighted by atomic mass is 10.1. The van der Waals surface area contributed by atoms with Crippen molar-refractivity contribution < 1.29 is 9.90 Å². The Hall–Kier alpha value is -2.82. The molecule has 0 bridgehead atoms. The standard InChI is InChI=1S/C22H27N3O2/c1-3-4-5-7-10-17-13-14-19-20(15-17)25(18-11-8-6-9-12-18)22(23-19)24(2)16-21(26)27/h6,8-9,11-15H,3-5,7,10,16H2,1-2H3,(H,26,27). The molecule has 1 aromatic heterocycles. The second-order valence-electron chi connectivity index (χ2n) is 6.97. The molecule has 5 nitrogen and oxygen atoms in total. The summed E-state index contributed by atoms with van der Waals surface area (Å²) in [6, 6.07) is 16.4. The fraction of sp³-hybridized carbons (Fsp3) is 0.364. The Morgan fingerprint density at radius 1 is 1.11 bits per heavy atom. The monoisotopic (exact) mass is 365 g/mol. The number of aliphatic carboxylic acids is 1. The lowest BCUT2D eigenvalue weighted by molar-refractivity contribution is -0.135. The lowest BCUT2D eigenvalue weighted by Gasteiger charge is -2.18. The zero-order valence-corrected chi connectivity index (χ0v) is 16.1. The molecule has 0 radical (unpaired) electrons. The van der Waals surface area contributed by atoms with Crippen LogP contribution >= 0.6 is 0 Å². The Morgan fingerprint density at radius 2 is 1.89 bits per heavy atom. The Labute approximate surface area is 160 Å². The zero-order chi connectivity index (χ0) is 19.2. The van der Waals surface area contributed by atoms with E-state index in [1.807, 2.05) is 41.0 Å². The largest absolute Gasteiger partial charge is 0.480 e. The lowest BCUT2D eigenvalue weighted by Crippen LogP contribution is -2.27. The highest BCUT2D eigenvalue weighted by Gasteiger charge is 2.18. The van der Waals surface area contributed by atoms with Gasteiger partial charge in [-0.2, -0.15) is 0 Å². The molecule has 2 aromatic carbocycles. The summed E-state index contributed by atoms with van der Waals surface area (Å²) in [4.78, 5) is 17.6. The maximum absolute atomic E-state index is 11.2. The SMILES string of the molecule is CCCCCCc1ccc2nc(N(C)CC(=O)O)n(-c3ccccc3)c2c1.